The van der Waals surface area contributed by atoms with Gasteiger partial charge in [0, 0.05) is 24.5 Å². The summed E-state index contributed by atoms with van der Waals surface area (Å²) < 4.78 is 0. The van der Waals surface area contributed by atoms with E-state index in [4.69, 9.17) is 11.6 Å². The van der Waals surface area contributed by atoms with Crippen LogP contribution >= 0.6 is 11.6 Å². The number of carbonyl (C=O) groups is 2. The Morgan fingerprint density at radius 2 is 1.97 bits per heavy atom. The summed E-state index contributed by atoms with van der Waals surface area (Å²) in [6.45, 7) is 11.6. The number of hydrogen-bond donors (Lipinski definition) is 2. The Bertz CT molecular complexity index is 868. The molecule has 6 heteroatoms. The van der Waals surface area contributed by atoms with E-state index in [9.17, 15) is 14.7 Å². The fourth-order valence-electron chi connectivity index (χ4n) is 5.21. The molecule has 1 aliphatic heterocycles. The molecule has 32 heavy (non-hydrogen) atoms. The molecule has 0 aromatic rings. The van der Waals surface area contributed by atoms with Crippen LogP contribution < -0.4 is 5.32 Å². The first-order valence-electron chi connectivity index (χ1n) is 11.7. The normalized spacial score (nSPS) is 28.5. The van der Waals surface area contributed by atoms with Crippen LogP contribution in [0, 0.1) is 29.1 Å². The number of aliphatic hydroxyl groups excluding tert-OH is 1. The average Bonchev–Trinajstić information content (AvgIpc) is 2.73. The lowest BCUT2D eigenvalue weighted by molar-refractivity contribution is -0.142. The lowest BCUT2D eigenvalue weighted by Gasteiger charge is -2.48. The summed E-state index contributed by atoms with van der Waals surface area (Å²) >= 11 is 6.10. The largest absolute Gasteiger partial charge is 0.512 e. The van der Waals surface area contributed by atoms with Crippen molar-refractivity contribution in [2.24, 2.45) is 29.1 Å². The van der Waals surface area contributed by atoms with Crippen LogP contribution in [-0.4, -0.2) is 41.0 Å². The second-order valence-electron chi connectivity index (χ2n) is 10.5. The van der Waals surface area contributed by atoms with Crippen molar-refractivity contribution in [3.63, 3.8) is 0 Å². The Kier molecular flexibility index (Phi) is 7.59. The lowest BCUT2D eigenvalue weighted by atomic mass is 9.66. The zero-order valence-electron chi connectivity index (χ0n) is 19.9. The number of hydrogen-bond acceptors (Lipinski definition) is 3. The van der Waals surface area contributed by atoms with Gasteiger partial charge in [-0.1, -0.05) is 63.6 Å². The topological polar surface area (TPSA) is 69.6 Å². The summed E-state index contributed by atoms with van der Waals surface area (Å²) in [7, 11) is 0. The van der Waals surface area contributed by atoms with E-state index in [1.54, 1.807) is 12.2 Å². The van der Waals surface area contributed by atoms with Crippen LogP contribution in [0.25, 0.3) is 0 Å². The van der Waals surface area contributed by atoms with Crippen molar-refractivity contribution in [3.8, 4) is 0 Å². The van der Waals surface area contributed by atoms with Gasteiger partial charge in [0.2, 0.25) is 11.8 Å². The number of halogens is 1. The minimum atomic E-state index is -0.575. The van der Waals surface area contributed by atoms with E-state index in [0.717, 1.165) is 23.4 Å². The van der Waals surface area contributed by atoms with E-state index in [0.29, 0.717) is 24.9 Å². The lowest BCUT2D eigenvalue weighted by Crippen LogP contribution is -2.57. The predicted molar refractivity (Wildman–Crippen MR) is 129 cm³/mol. The third-order valence-electron chi connectivity index (χ3n) is 7.24. The third-order valence-corrected chi connectivity index (χ3v) is 7.52. The van der Waals surface area contributed by atoms with Crippen molar-refractivity contribution in [1.29, 1.82) is 0 Å². The van der Waals surface area contributed by atoms with Gasteiger partial charge in [0.25, 0.3) is 0 Å². The van der Waals surface area contributed by atoms with Crippen molar-refractivity contribution in [2.75, 3.05) is 13.1 Å². The number of nitrogens with zero attached hydrogens (tertiary/aromatic N) is 1. The van der Waals surface area contributed by atoms with Crippen LogP contribution in [0.3, 0.4) is 0 Å². The zero-order valence-corrected chi connectivity index (χ0v) is 20.7. The van der Waals surface area contributed by atoms with Crippen molar-refractivity contribution in [3.05, 3.63) is 46.7 Å². The molecular formula is C26H37ClN2O3. The summed E-state index contributed by atoms with van der Waals surface area (Å²) in [4.78, 5) is 28.3. The van der Waals surface area contributed by atoms with Crippen LogP contribution in [0.5, 0.6) is 0 Å². The van der Waals surface area contributed by atoms with Crippen LogP contribution in [0.4, 0.5) is 0 Å². The molecule has 4 atom stereocenters. The molecule has 0 spiro atoms. The number of likely N-dealkylation sites (tertiary alicyclic amines) is 1. The molecule has 1 heterocycles. The molecule has 2 unspecified atom stereocenters. The average molecular weight is 461 g/mol. The van der Waals surface area contributed by atoms with Gasteiger partial charge in [0.05, 0.1) is 11.7 Å². The number of piperidine rings is 1. The van der Waals surface area contributed by atoms with E-state index in [1.165, 1.54) is 0 Å². The van der Waals surface area contributed by atoms with Crippen molar-refractivity contribution >= 4 is 23.4 Å². The molecule has 0 aromatic carbocycles. The molecule has 0 aromatic heterocycles. The first kappa shape index (κ1) is 24.6. The molecular weight excluding hydrogens is 424 g/mol. The van der Waals surface area contributed by atoms with Gasteiger partial charge >= 0.3 is 0 Å². The van der Waals surface area contributed by atoms with Gasteiger partial charge in [-0.05, 0) is 54.6 Å². The third kappa shape index (κ3) is 5.48. The summed E-state index contributed by atoms with van der Waals surface area (Å²) in [5.41, 5.74) is 0.744. The number of nitrogens with one attached hydrogen (secondary N) is 1. The van der Waals surface area contributed by atoms with Gasteiger partial charge in [-0.25, -0.2) is 0 Å². The maximum absolute atomic E-state index is 13.5. The van der Waals surface area contributed by atoms with Gasteiger partial charge in [-0.2, -0.15) is 0 Å². The molecule has 176 valence electrons. The maximum Gasteiger partial charge on any atom is 0.245 e. The minimum Gasteiger partial charge on any atom is -0.512 e. The van der Waals surface area contributed by atoms with Crippen molar-refractivity contribution in [1.82, 2.24) is 10.2 Å². The fourth-order valence-corrected chi connectivity index (χ4v) is 5.37. The molecule has 5 nitrogen and oxygen atoms in total. The molecule has 3 rings (SSSR count). The Labute approximate surface area is 197 Å². The molecule has 0 saturated carbocycles. The second kappa shape index (κ2) is 9.86. The van der Waals surface area contributed by atoms with E-state index in [-0.39, 0.29) is 35.3 Å². The van der Waals surface area contributed by atoms with Gasteiger partial charge in [-0.15, -0.1) is 0 Å². The maximum atomic E-state index is 13.5. The van der Waals surface area contributed by atoms with Gasteiger partial charge in [0.15, 0.2) is 0 Å². The van der Waals surface area contributed by atoms with Crippen molar-refractivity contribution < 1.29 is 14.7 Å². The van der Waals surface area contributed by atoms with Gasteiger partial charge < -0.3 is 15.3 Å². The molecule has 2 amide bonds. The van der Waals surface area contributed by atoms with Crippen LogP contribution in [0.1, 0.15) is 53.9 Å². The Balaban J connectivity index is 1.65. The number of allylic oxidation sites excluding steroid dienone is 7. The number of aliphatic hydroxyl groups is 1. The number of amides is 2. The standard InChI is InChI=1S/C26H37ClN2O3/c1-16(2)23(28-24(31)19-7-6-17(3)22(30)14-19)25(32)29-13-12-21(26(4,5)15-29)18-8-10-20(27)11-9-18/h6-8,10-11,16,18-19,21,23,30H,9,12-15H2,1-5H3,(H,28,31)/t18?,19?,21-,23-/m1/s1. The highest BCUT2D eigenvalue weighted by molar-refractivity contribution is 6.31. The van der Waals surface area contributed by atoms with Gasteiger partial charge in [-0.3, -0.25) is 9.59 Å². The highest BCUT2D eigenvalue weighted by Crippen LogP contribution is 2.43. The van der Waals surface area contributed by atoms with E-state index in [2.05, 4.69) is 31.3 Å². The zero-order chi connectivity index (χ0) is 23.6. The monoisotopic (exact) mass is 460 g/mol. The fraction of sp³-hybridized carbons (Fsp3) is 0.615. The predicted octanol–water partition coefficient (Wildman–Crippen LogP) is 5.11. The van der Waals surface area contributed by atoms with Crippen LogP contribution in [-0.2, 0) is 9.59 Å². The Morgan fingerprint density at radius 1 is 1.25 bits per heavy atom. The molecule has 2 aliphatic carbocycles. The second-order valence-corrected chi connectivity index (χ2v) is 11.0. The summed E-state index contributed by atoms with van der Waals surface area (Å²) in [5, 5.41) is 13.8. The highest BCUT2D eigenvalue weighted by Gasteiger charge is 2.42. The highest BCUT2D eigenvalue weighted by atomic mass is 35.5. The van der Waals surface area contributed by atoms with Crippen molar-refractivity contribution in [2.45, 2.75) is 59.9 Å². The minimum absolute atomic E-state index is 0.0160. The first-order valence-corrected chi connectivity index (χ1v) is 12.1. The molecule has 1 saturated heterocycles. The quantitative estimate of drug-likeness (QED) is 0.599. The van der Waals surface area contributed by atoms with E-state index in [1.807, 2.05) is 31.7 Å². The van der Waals surface area contributed by atoms with Crippen LogP contribution in [0.2, 0.25) is 0 Å². The smallest absolute Gasteiger partial charge is 0.245 e. The van der Waals surface area contributed by atoms with E-state index >= 15 is 0 Å². The number of carbonyl (C=O) groups excluding carboxylic acids is 2. The van der Waals surface area contributed by atoms with E-state index < -0.39 is 12.0 Å². The summed E-state index contributed by atoms with van der Waals surface area (Å²) in [6, 6.07) is -0.575. The Hall–Kier alpha value is -2.01. The summed E-state index contributed by atoms with van der Waals surface area (Å²) in [5.74, 6) is 0.438. The van der Waals surface area contributed by atoms with Gasteiger partial charge in [0.1, 0.15) is 6.04 Å². The first-order chi connectivity index (χ1) is 15.0. The Morgan fingerprint density at radius 3 is 2.53 bits per heavy atom. The molecule has 2 N–H and O–H groups in total. The van der Waals surface area contributed by atoms with Crippen LogP contribution in [0.15, 0.2) is 46.7 Å². The number of rotatable bonds is 5. The molecule has 0 bridgehead atoms. The molecule has 3 aliphatic rings. The SMILES string of the molecule is CC1=C(O)CC(C(=O)N[C@@H](C(=O)N2CC[C@H](C3C=CC(Cl)=CC3)C(C)(C)C2)C(C)C)C=C1. The molecule has 0 radical (unpaired) electrons. The summed E-state index contributed by atoms with van der Waals surface area (Å²) in [6.07, 6.45) is 12.0. The molecule has 1 fully saturated rings.